The van der Waals surface area contributed by atoms with Crippen molar-refractivity contribution in [1.82, 2.24) is 9.13 Å². The number of benzene rings is 9. The number of para-hydroxylation sites is 3. The molecule has 0 unspecified atom stereocenters. The molecule has 0 aliphatic carbocycles. The summed E-state index contributed by atoms with van der Waals surface area (Å²) in [6, 6.07) is 61.7. The van der Waals surface area contributed by atoms with E-state index in [9.17, 15) is 0 Å². The zero-order valence-electron chi connectivity index (χ0n) is 27.5. The Morgan fingerprint density at radius 3 is 1.41 bits per heavy atom. The van der Waals surface area contributed by atoms with Crippen LogP contribution in [-0.2, 0) is 0 Å². The number of nitrogens with zero attached hydrogens (tertiary/aromatic N) is 2. The van der Waals surface area contributed by atoms with Crippen LogP contribution in [0.2, 0.25) is 0 Å². The Balaban J connectivity index is 1.21. The van der Waals surface area contributed by atoms with Crippen molar-refractivity contribution in [3.63, 3.8) is 0 Å². The molecular weight excluding hydrogens is 621 g/mol. The van der Waals surface area contributed by atoms with Crippen LogP contribution in [0.1, 0.15) is 0 Å². The molecule has 0 spiro atoms. The molecule has 0 N–H and O–H groups in total. The number of furan rings is 1. The molecular formula is C48H28N2O. The zero-order chi connectivity index (χ0) is 33.2. The minimum atomic E-state index is 0.908. The Morgan fingerprint density at radius 2 is 0.784 bits per heavy atom. The van der Waals surface area contributed by atoms with Crippen molar-refractivity contribution >= 4 is 87.1 Å². The van der Waals surface area contributed by atoms with E-state index in [-0.39, 0.29) is 0 Å². The third-order valence-corrected chi connectivity index (χ3v) is 11.0. The molecule has 236 valence electrons. The molecule has 0 saturated carbocycles. The van der Waals surface area contributed by atoms with E-state index < -0.39 is 0 Å². The van der Waals surface area contributed by atoms with Crippen LogP contribution in [0, 0.1) is 0 Å². The molecule has 0 aliphatic heterocycles. The molecule has 51 heavy (non-hydrogen) atoms. The number of fused-ring (bicyclic) bond motifs is 9. The molecule has 0 amide bonds. The van der Waals surface area contributed by atoms with E-state index in [0.717, 1.165) is 28.1 Å². The van der Waals surface area contributed by atoms with Gasteiger partial charge in [0.05, 0.1) is 27.8 Å². The van der Waals surface area contributed by atoms with Gasteiger partial charge in [-0.1, -0.05) is 109 Å². The van der Waals surface area contributed by atoms with Crippen LogP contribution in [-0.4, -0.2) is 9.13 Å². The van der Waals surface area contributed by atoms with Crippen molar-refractivity contribution in [2.24, 2.45) is 0 Å². The minimum absolute atomic E-state index is 0.908. The van der Waals surface area contributed by atoms with Crippen LogP contribution in [0.25, 0.3) is 110 Å². The lowest BCUT2D eigenvalue weighted by atomic mass is 9.92. The average Bonchev–Trinajstić information content (AvgIpc) is 3.84. The van der Waals surface area contributed by atoms with Gasteiger partial charge in [-0.15, -0.1) is 0 Å². The van der Waals surface area contributed by atoms with E-state index in [1.165, 1.54) is 81.5 Å². The summed E-state index contributed by atoms with van der Waals surface area (Å²) >= 11 is 0. The second-order valence-corrected chi connectivity index (χ2v) is 13.7. The Kier molecular flexibility index (Phi) is 5.23. The number of rotatable bonds is 3. The van der Waals surface area contributed by atoms with Crippen molar-refractivity contribution in [3.8, 4) is 22.5 Å². The van der Waals surface area contributed by atoms with Gasteiger partial charge in [0.25, 0.3) is 0 Å². The Hall–Kier alpha value is -6.84. The molecule has 3 aromatic heterocycles. The standard InChI is InChI=1S/C48H28N2O/c1-3-13-29(14-4-1)30-23-39-33-17-7-8-18-34(33)40-25-32(26-46-48(40)47(39)45(24-30)51-46)50-42-22-12-10-20-36(42)38-27-43-37(28-44(38)50)35-19-9-11-21-41(35)49(43)31-15-5-2-6-16-31/h1-28H. The predicted octanol–water partition coefficient (Wildman–Crippen LogP) is 13.2. The highest BCUT2D eigenvalue weighted by Gasteiger charge is 2.22. The molecule has 3 heteroatoms. The van der Waals surface area contributed by atoms with Gasteiger partial charge in [-0.3, -0.25) is 0 Å². The SMILES string of the molecule is c1ccc(-c2cc3oc4cc(-n5c6ccccc6c6cc7c(cc65)c5ccccc5n7-c5ccccc5)cc5c6ccccc6c(c2)c3c45)cc1. The highest BCUT2D eigenvalue weighted by Crippen LogP contribution is 2.46. The first-order valence-corrected chi connectivity index (χ1v) is 17.5. The number of hydrogen-bond donors (Lipinski definition) is 0. The summed E-state index contributed by atoms with van der Waals surface area (Å²) in [4.78, 5) is 0. The van der Waals surface area contributed by atoms with Gasteiger partial charge in [-0.25, -0.2) is 0 Å². The predicted molar refractivity (Wildman–Crippen MR) is 214 cm³/mol. The molecule has 9 aromatic carbocycles. The summed E-state index contributed by atoms with van der Waals surface area (Å²) in [6.45, 7) is 0. The van der Waals surface area contributed by atoms with E-state index in [2.05, 4.69) is 179 Å². The van der Waals surface area contributed by atoms with Crippen molar-refractivity contribution in [1.29, 1.82) is 0 Å². The van der Waals surface area contributed by atoms with Crippen molar-refractivity contribution in [2.75, 3.05) is 0 Å². The summed E-state index contributed by atoms with van der Waals surface area (Å²) in [7, 11) is 0. The molecule has 0 fully saturated rings. The van der Waals surface area contributed by atoms with Crippen LogP contribution < -0.4 is 0 Å². The summed E-state index contributed by atoms with van der Waals surface area (Å²) < 4.78 is 11.7. The average molecular weight is 649 g/mol. The summed E-state index contributed by atoms with van der Waals surface area (Å²) in [5, 5.41) is 12.2. The van der Waals surface area contributed by atoms with Gasteiger partial charge < -0.3 is 13.6 Å². The van der Waals surface area contributed by atoms with Gasteiger partial charge in [0.15, 0.2) is 0 Å². The summed E-state index contributed by atoms with van der Waals surface area (Å²) in [5.41, 5.74) is 11.2. The van der Waals surface area contributed by atoms with E-state index in [1.807, 2.05) is 0 Å². The third kappa shape index (κ3) is 3.62. The number of aromatic nitrogens is 2. The van der Waals surface area contributed by atoms with E-state index >= 15 is 0 Å². The fourth-order valence-corrected chi connectivity index (χ4v) is 8.88. The van der Waals surface area contributed by atoms with Crippen LogP contribution in [0.3, 0.4) is 0 Å². The van der Waals surface area contributed by atoms with Crippen molar-refractivity contribution in [2.45, 2.75) is 0 Å². The van der Waals surface area contributed by atoms with E-state index in [1.54, 1.807) is 0 Å². The quantitative estimate of drug-likeness (QED) is 0.175. The van der Waals surface area contributed by atoms with Crippen LogP contribution in [0.4, 0.5) is 0 Å². The summed E-state index contributed by atoms with van der Waals surface area (Å²) in [6.07, 6.45) is 0. The van der Waals surface area contributed by atoms with Gasteiger partial charge in [0.1, 0.15) is 11.2 Å². The third-order valence-electron chi connectivity index (χ3n) is 11.0. The largest absolute Gasteiger partial charge is 0.456 e. The maximum Gasteiger partial charge on any atom is 0.138 e. The molecule has 3 heterocycles. The van der Waals surface area contributed by atoms with E-state index in [0.29, 0.717) is 0 Å². The maximum atomic E-state index is 6.87. The highest BCUT2D eigenvalue weighted by molar-refractivity contribution is 6.34. The smallest absolute Gasteiger partial charge is 0.138 e. The zero-order valence-corrected chi connectivity index (χ0v) is 27.5. The molecule has 0 bridgehead atoms. The first kappa shape index (κ1) is 27.0. The van der Waals surface area contributed by atoms with Gasteiger partial charge in [0.2, 0.25) is 0 Å². The molecule has 3 nitrogen and oxygen atoms in total. The summed E-state index contributed by atoms with van der Waals surface area (Å²) in [5.74, 6) is 0. The lowest BCUT2D eigenvalue weighted by Crippen LogP contribution is -1.95. The van der Waals surface area contributed by atoms with Gasteiger partial charge in [-0.05, 0) is 87.3 Å². The lowest BCUT2D eigenvalue weighted by Gasteiger charge is -2.13. The normalized spacial score (nSPS) is 12.3. The van der Waals surface area contributed by atoms with Crippen molar-refractivity contribution in [3.05, 3.63) is 170 Å². The monoisotopic (exact) mass is 648 g/mol. The molecule has 0 radical (unpaired) electrons. The van der Waals surface area contributed by atoms with Crippen LogP contribution in [0.5, 0.6) is 0 Å². The Morgan fingerprint density at radius 1 is 0.294 bits per heavy atom. The second kappa shape index (κ2) is 9.87. The van der Waals surface area contributed by atoms with Gasteiger partial charge in [-0.2, -0.15) is 0 Å². The topological polar surface area (TPSA) is 23.0 Å². The molecule has 12 aromatic rings. The van der Waals surface area contributed by atoms with Crippen LogP contribution >= 0.6 is 0 Å². The lowest BCUT2D eigenvalue weighted by molar-refractivity contribution is 0.669. The van der Waals surface area contributed by atoms with Gasteiger partial charge >= 0.3 is 0 Å². The fraction of sp³-hybridized carbons (Fsp3) is 0. The minimum Gasteiger partial charge on any atom is -0.456 e. The first-order valence-electron chi connectivity index (χ1n) is 17.5. The molecule has 0 aliphatic rings. The van der Waals surface area contributed by atoms with Crippen LogP contribution in [0.15, 0.2) is 174 Å². The molecule has 12 rings (SSSR count). The molecule has 0 atom stereocenters. The Bertz CT molecular complexity index is 3340. The highest BCUT2D eigenvalue weighted by atomic mass is 16.3. The number of hydrogen-bond acceptors (Lipinski definition) is 1. The van der Waals surface area contributed by atoms with E-state index in [4.69, 9.17) is 4.42 Å². The fourth-order valence-electron chi connectivity index (χ4n) is 8.88. The van der Waals surface area contributed by atoms with Crippen molar-refractivity contribution < 1.29 is 4.42 Å². The first-order chi connectivity index (χ1) is 25.3. The second-order valence-electron chi connectivity index (χ2n) is 13.7. The Labute approximate surface area is 292 Å². The van der Waals surface area contributed by atoms with Gasteiger partial charge in [0, 0.05) is 44.1 Å². The molecule has 0 saturated heterocycles. The maximum absolute atomic E-state index is 6.87.